The van der Waals surface area contributed by atoms with Gasteiger partial charge in [0.15, 0.2) is 16.5 Å². The fraction of sp³-hybridized carbons (Fsp3) is 0.217. The molecular weight excluding hydrogens is 398 g/mol. The Morgan fingerprint density at radius 1 is 1.10 bits per heavy atom. The molecule has 7 heteroatoms. The van der Waals surface area contributed by atoms with E-state index in [9.17, 15) is 4.79 Å². The number of aryl methyl sites for hydroxylation is 2. The van der Waals surface area contributed by atoms with Gasteiger partial charge in [0.25, 0.3) is 0 Å². The van der Waals surface area contributed by atoms with E-state index in [1.165, 1.54) is 22.5 Å². The van der Waals surface area contributed by atoms with Crippen molar-refractivity contribution in [1.82, 2.24) is 9.38 Å². The van der Waals surface area contributed by atoms with Crippen molar-refractivity contribution in [3.8, 4) is 22.8 Å². The van der Waals surface area contributed by atoms with Crippen molar-refractivity contribution >= 4 is 27.9 Å². The van der Waals surface area contributed by atoms with Crippen molar-refractivity contribution < 1.29 is 14.3 Å². The van der Waals surface area contributed by atoms with Crippen LogP contribution in [0, 0.1) is 13.8 Å². The molecule has 0 fully saturated rings. The van der Waals surface area contributed by atoms with Gasteiger partial charge < -0.3 is 14.8 Å². The van der Waals surface area contributed by atoms with Gasteiger partial charge in [-0.2, -0.15) is 0 Å². The van der Waals surface area contributed by atoms with Crippen LogP contribution in [0.1, 0.15) is 16.8 Å². The van der Waals surface area contributed by atoms with Gasteiger partial charge in [-0.3, -0.25) is 9.20 Å². The minimum absolute atomic E-state index is 0.0900. The molecule has 1 amide bonds. The summed E-state index contributed by atoms with van der Waals surface area (Å²) in [6.45, 7) is 5.26. The molecule has 0 radical (unpaired) electrons. The average Bonchev–Trinajstić information content (AvgIpc) is 3.32. The summed E-state index contributed by atoms with van der Waals surface area (Å²) < 4.78 is 13.1. The number of carbonyl (C=O) groups excluding carboxylic acids is 1. The maximum Gasteiger partial charge on any atom is 0.230 e. The summed E-state index contributed by atoms with van der Waals surface area (Å²) in [5.74, 6) is 1.27. The highest BCUT2D eigenvalue weighted by Crippen LogP contribution is 2.32. The van der Waals surface area contributed by atoms with E-state index < -0.39 is 0 Å². The van der Waals surface area contributed by atoms with Crippen LogP contribution < -0.4 is 14.8 Å². The molecule has 3 heterocycles. The number of hydrogen-bond acceptors (Lipinski definition) is 5. The Hall–Kier alpha value is -3.32. The highest BCUT2D eigenvalue weighted by Gasteiger charge is 2.15. The van der Waals surface area contributed by atoms with Crippen molar-refractivity contribution in [3.05, 3.63) is 64.8 Å². The fourth-order valence-corrected chi connectivity index (χ4v) is 4.36. The number of fused-ring (bicyclic) bond motifs is 2. The third kappa shape index (κ3) is 3.52. The third-order valence-corrected chi connectivity index (χ3v) is 6.14. The summed E-state index contributed by atoms with van der Waals surface area (Å²) in [6, 6.07) is 11.8. The Kier molecular flexibility index (Phi) is 4.67. The van der Waals surface area contributed by atoms with E-state index in [1.54, 1.807) is 6.07 Å². The molecule has 0 saturated heterocycles. The Balaban J connectivity index is 1.34. The van der Waals surface area contributed by atoms with Crippen LogP contribution in [0.2, 0.25) is 0 Å². The minimum Gasteiger partial charge on any atom is -0.486 e. The zero-order valence-electron chi connectivity index (χ0n) is 16.8. The van der Waals surface area contributed by atoms with E-state index in [-0.39, 0.29) is 12.3 Å². The van der Waals surface area contributed by atoms with Gasteiger partial charge in [-0.05, 0) is 43.2 Å². The molecule has 2 aromatic carbocycles. The number of rotatable bonds is 4. The van der Waals surface area contributed by atoms with E-state index in [0.29, 0.717) is 30.4 Å². The first kappa shape index (κ1) is 18.7. The summed E-state index contributed by atoms with van der Waals surface area (Å²) in [5.41, 5.74) is 6.10. The Morgan fingerprint density at radius 2 is 1.93 bits per heavy atom. The molecule has 6 nitrogen and oxygen atoms in total. The molecule has 0 saturated carbocycles. The summed E-state index contributed by atoms with van der Waals surface area (Å²) in [5, 5.41) is 4.93. The van der Waals surface area contributed by atoms with Gasteiger partial charge in [0.2, 0.25) is 5.91 Å². The van der Waals surface area contributed by atoms with Crippen LogP contribution in [0.15, 0.2) is 48.0 Å². The molecule has 0 spiro atoms. The van der Waals surface area contributed by atoms with E-state index in [0.717, 1.165) is 21.9 Å². The van der Waals surface area contributed by atoms with Gasteiger partial charge in [-0.1, -0.05) is 12.1 Å². The fourth-order valence-electron chi connectivity index (χ4n) is 3.49. The van der Waals surface area contributed by atoms with Gasteiger partial charge >= 0.3 is 0 Å². The Bertz CT molecular complexity index is 1260. The standard InChI is InChI=1S/C23H21N3O3S/c1-14-3-4-16(9-15(14)2)19-12-26-18(13-30-23(26)25-19)11-22(27)24-17-5-6-20-21(10-17)29-8-7-28-20/h3-6,9-10,12-13H,7-8,11H2,1-2H3,(H,24,27). The predicted molar refractivity (Wildman–Crippen MR) is 118 cm³/mol. The molecule has 30 heavy (non-hydrogen) atoms. The van der Waals surface area contributed by atoms with Gasteiger partial charge in [-0.15, -0.1) is 11.3 Å². The van der Waals surface area contributed by atoms with Crippen LogP contribution in [0.5, 0.6) is 11.5 Å². The van der Waals surface area contributed by atoms with Crippen LogP contribution in [-0.4, -0.2) is 28.5 Å². The first-order valence-corrected chi connectivity index (χ1v) is 10.7. The number of imidazole rings is 1. The van der Waals surface area contributed by atoms with E-state index >= 15 is 0 Å². The van der Waals surface area contributed by atoms with E-state index in [4.69, 9.17) is 14.5 Å². The second-order valence-corrected chi connectivity index (χ2v) is 8.22. The largest absolute Gasteiger partial charge is 0.486 e. The number of amides is 1. The number of ether oxygens (including phenoxy) is 2. The molecule has 0 aliphatic carbocycles. The maximum absolute atomic E-state index is 12.6. The summed E-state index contributed by atoms with van der Waals surface area (Å²) in [6.07, 6.45) is 2.26. The molecule has 4 aromatic rings. The number of thiazole rings is 1. The lowest BCUT2D eigenvalue weighted by atomic mass is 10.0. The van der Waals surface area contributed by atoms with Crippen molar-refractivity contribution in [1.29, 1.82) is 0 Å². The van der Waals surface area contributed by atoms with Crippen molar-refractivity contribution in [2.24, 2.45) is 0 Å². The van der Waals surface area contributed by atoms with Gasteiger partial charge in [0, 0.05) is 34.6 Å². The monoisotopic (exact) mass is 419 g/mol. The third-order valence-electron chi connectivity index (χ3n) is 5.25. The van der Waals surface area contributed by atoms with Crippen molar-refractivity contribution in [3.63, 3.8) is 0 Å². The lowest BCUT2D eigenvalue weighted by molar-refractivity contribution is -0.115. The van der Waals surface area contributed by atoms with Crippen LogP contribution in [0.4, 0.5) is 5.69 Å². The zero-order chi connectivity index (χ0) is 20.7. The SMILES string of the molecule is Cc1ccc(-c2cn3c(CC(=O)Nc4ccc5c(c4)OCCO5)csc3n2)cc1C. The number of nitrogens with one attached hydrogen (secondary N) is 1. The highest BCUT2D eigenvalue weighted by atomic mass is 32.1. The summed E-state index contributed by atoms with van der Waals surface area (Å²) >= 11 is 1.54. The summed E-state index contributed by atoms with van der Waals surface area (Å²) in [7, 11) is 0. The number of anilines is 1. The first-order valence-electron chi connectivity index (χ1n) is 9.79. The molecule has 0 bridgehead atoms. The first-order chi connectivity index (χ1) is 14.6. The van der Waals surface area contributed by atoms with E-state index in [2.05, 4.69) is 37.4 Å². The Morgan fingerprint density at radius 3 is 2.77 bits per heavy atom. The molecule has 1 N–H and O–H groups in total. The molecule has 0 unspecified atom stereocenters. The van der Waals surface area contributed by atoms with Crippen molar-refractivity contribution in [2.45, 2.75) is 20.3 Å². The molecular formula is C23H21N3O3S. The van der Waals surface area contributed by atoms with Crippen LogP contribution in [0.25, 0.3) is 16.2 Å². The Labute approximate surface area is 178 Å². The second kappa shape index (κ2) is 7.50. The topological polar surface area (TPSA) is 64.9 Å². The van der Waals surface area contributed by atoms with Crippen molar-refractivity contribution in [2.75, 3.05) is 18.5 Å². The minimum atomic E-state index is -0.0900. The second-order valence-electron chi connectivity index (χ2n) is 7.39. The number of carbonyl (C=O) groups is 1. The molecule has 2 aromatic heterocycles. The van der Waals surface area contributed by atoms with E-state index in [1.807, 2.05) is 28.1 Å². The molecule has 1 aliphatic heterocycles. The lowest BCUT2D eigenvalue weighted by Gasteiger charge is -2.19. The quantitative estimate of drug-likeness (QED) is 0.524. The molecule has 0 atom stereocenters. The smallest absolute Gasteiger partial charge is 0.230 e. The maximum atomic E-state index is 12.6. The van der Waals surface area contributed by atoms with Crippen LogP contribution in [0.3, 0.4) is 0 Å². The predicted octanol–water partition coefficient (Wildman–Crippen LogP) is 4.63. The summed E-state index contributed by atoms with van der Waals surface area (Å²) in [4.78, 5) is 18.3. The molecule has 152 valence electrons. The lowest BCUT2D eigenvalue weighted by Crippen LogP contribution is -2.17. The number of aromatic nitrogens is 2. The highest BCUT2D eigenvalue weighted by molar-refractivity contribution is 7.15. The van der Waals surface area contributed by atoms with Gasteiger partial charge in [0.05, 0.1) is 12.1 Å². The number of benzene rings is 2. The number of hydrogen-bond donors (Lipinski definition) is 1. The average molecular weight is 420 g/mol. The molecule has 1 aliphatic rings. The normalized spacial score (nSPS) is 12.9. The number of nitrogens with zero attached hydrogens (tertiary/aromatic N) is 2. The van der Waals surface area contributed by atoms with Gasteiger partial charge in [0.1, 0.15) is 13.2 Å². The van der Waals surface area contributed by atoms with Crippen LogP contribution >= 0.6 is 11.3 Å². The van der Waals surface area contributed by atoms with Gasteiger partial charge in [-0.25, -0.2) is 4.98 Å². The molecule has 5 rings (SSSR count). The van der Waals surface area contributed by atoms with Crippen LogP contribution in [-0.2, 0) is 11.2 Å². The zero-order valence-corrected chi connectivity index (χ0v) is 17.6.